The molecule has 3 N–H and O–H groups in total. The van der Waals surface area contributed by atoms with Gasteiger partial charge in [-0.05, 0) is 6.42 Å². The van der Waals surface area contributed by atoms with Crippen LogP contribution in [0, 0.1) is 0 Å². The highest BCUT2D eigenvalue weighted by molar-refractivity contribution is 7.99. The van der Waals surface area contributed by atoms with Crippen LogP contribution < -0.4 is 11.1 Å². The van der Waals surface area contributed by atoms with Crippen LogP contribution in [0.5, 0.6) is 0 Å². The zero-order valence-corrected chi connectivity index (χ0v) is 9.46. The fourth-order valence-corrected chi connectivity index (χ4v) is 3.07. The van der Waals surface area contributed by atoms with E-state index in [9.17, 15) is 14.4 Å². The van der Waals surface area contributed by atoms with E-state index in [1.54, 1.807) is 0 Å². The molecular weight excluding hydrogens is 230 g/mol. The molecule has 2 saturated heterocycles. The highest BCUT2D eigenvalue weighted by Crippen LogP contribution is 2.23. The number of hydrogen-bond acceptors (Lipinski definition) is 4. The number of rotatable bonds is 2. The first-order valence-electron chi connectivity index (χ1n) is 5.06. The third-order valence-electron chi connectivity index (χ3n) is 2.79. The van der Waals surface area contributed by atoms with E-state index in [-0.39, 0.29) is 11.8 Å². The van der Waals surface area contributed by atoms with Crippen LogP contribution in [0.1, 0.15) is 12.8 Å². The lowest BCUT2D eigenvalue weighted by molar-refractivity contribution is -0.138. The number of nitrogens with zero attached hydrogens (tertiary/aromatic N) is 1. The smallest absolute Gasteiger partial charge is 0.246 e. The molecule has 2 unspecified atom stereocenters. The van der Waals surface area contributed by atoms with Gasteiger partial charge in [-0.1, -0.05) is 0 Å². The average Bonchev–Trinajstić information content (AvgIpc) is 2.84. The molecule has 2 aliphatic heterocycles. The normalized spacial score (nSPS) is 29.2. The molecule has 0 aromatic carbocycles. The molecule has 2 fully saturated rings. The second-order valence-corrected chi connectivity index (χ2v) is 4.88. The Hall–Kier alpha value is -1.24. The van der Waals surface area contributed by atoms with Crippen LogP contribution in [0.4, 0.5) is 0 Å². The van der Waals surface area contributed by atoms with Gasteiger partial charge >= 0.3 is 0 Å². The minimum absolute atomic E-state index is 0.110. The predicted molar refractivity (Wildman–Crippen MR) is 58.3 cm³/mol. The van der Waals surface area contributed by atoms with Crippen molar-refractivity contribution in [1.82, 2.24) is 10.2 Å². The van der Waals surface area contributed by atoms with E-state index < -0.39 is 18.0 Å². The van der Waals surface area contributed by atoms with Crippen molar-refractivity contribution in [2.75, 3.05) is 11.6 Å². The summed E-state index contributed by atoms with van der Waals surface area (Å²) in [6.07, 6.45) is 0.878. The lowest BCUT2D eigenvalue weighted by atomic mass is 10.2. The van der Waals surface area contributed by atoms with Crippen molar-refractivity contribution in [1.29, 1.82) is 0 Å². The molecule has 2 heterocycles. The maximum absolute atomic E-state index is 12.0. The van der Waals surface area contributed by atoms with Gasteiger partial charge in [0.05, 0.1) is 5.88 Å². The topological polar surface area (TPSA) is 92.5 Å². The van der Waals surface area contributed by atoms with Crippen LogP contribution in [0.3, 0.4) is 0 Å². The van der Waals surface area contributed by atoms with Crippen molar-refractivity contribution >= 4 is 29.5 Å². The monoisotopic (exact) mass is 243 g/mol. The van der Waals surface area contributed by atoms with Gasteiger partial charge in [-0.25, -0.2) is 0 Å². The first kappa shape index (κ1) is 11.3. The lowest BCUT2D eigenvalue weighted by Gasteiger charge is -2.24. The van der Waals surface area contributed by atoms with E-state index in [4.69, 9.17) is 5.73 Å². The summed E-state index contributed by atoms with van der Waals surface area (Å²) >= 11 is 1.50. The summed E-state index contributed by atoms with van der Waals surface area (Å²) in [5.74, 6) is 0.226. The summed E-state index contributed by atoms with van der Waals surface area (Å²) in [5, 5.41) is 2.60. The summed E-state index contributed by atoms with van der Waals surface area (Å²) in [4.78, 5) is 35.6. The fraction of sp³-hybridized carbons (Fsp3) is 0.667. The largest absolute Gasteiger partial charge is 0.368 e. The Morgan fingerprint density at radius 2 is 2.25 bits per heavy atom. The molecule has 6 nitrogen and oxygen atoms in total. The first-order valence-corrected chi connectivity index (χ1v) is 6.22. The first-order chi connectivity index (χ1) is 7.59. The lowest BCUT2D eigenvalue weighted by Crippen LogP contribution is -2.51. The fourth-order valence-electron chi connectivity index (χ4n) is 1.90. The van der Waals surface area contributed by atoms with Gasteiger partial charge in [0.2, 0.25) is 17.7 Å². The molecule has 88 valence electrons. The Bertz CT molecular complexity index is 347. The summed E-state index contributed by atoms with van der Waals surface area (Å²) in [5.41, 5.74) is 5.22. The number of amides is 3. The molecule has 7 heteroatoms. The summed E-state index contributed by atoms with van der Waals surface area (Å²) in [6, 6.07) is -1.01. The third kappa shape index (κ3) is 1.99. The van der Waals surface area contributed by atoms with E-state index in [0.717, 1.165) is 0 Å². The third-order valence-corrected chi connectivity index (χ3v) is 3.80. The molecule has 0 aromatic heterocycles. The molecule has 2 rings (SSSR count). The number of carbonyl (C=O) groups excluding carboxylic acids is 3. The molecule has 2 atom stereocenters. The van der Waals surface area contributed by atoms with Crippen molar-refractivity contribution in [3.8, 4) is 0 Å². The van der Waals surface area contributed by atoms with Crippen LogP contribution in [0.25, 0.3) is 0 Å². The van der Waals surface area contributed by atoms with E-state index >= 15 is 0 Å². The summed E-state index contributed by atoms with van der Waals surface area (Å²) in [7, 11) is 0. The van der Waals surface area contributed by atoms with E-state index in [1.165, 1.54) is 16.7 Å². The van der Waals surface area contributed by atoms with E-state index in [2.05, 4.69) is 5.32 Å². The van der Waals surface area contributed by atoms with Crippen molar-refractivity contribution in [3.05, 3.63) is 0 Å². The van der Waals surface area contributed by atoms with Crippen molar-refractivity contribution in [3.63, 3.8) is 0 Å². The van der Waals surface area contributed by atoms with Crippen LogP contribution in [-0.4, -0.2) is 46.3 Å². The molecule has 0 spiro atoms. The second kappa shape index (κ2) is 4.32. The number of thioether (sulfide) groups is 1. The highest BCUT2D eigenvalue weighted by Gasteiger charge is 2.38. The zero-order valence-electron chi connectivity index (χ0n) is 8.64. The molecule has 0 aromatic rings. The van der Waals surface area contributed by atoms with Crippen LogP contribution in [0.2, 0.25) is 0 Å². The quantitative estimate of drug-likeness (QED) is 0.627. The Labute approximate surface area is 96.9 Å². The van der Waals surface area contributed by atoms with Gasteiger partial charge in [-0.2, -0.15) is 0 Å². The van der Waals surface area contributed by atoms with Crippen molar-refractivity contribution in [2.45, 2.75) is 24.9 Å². The number of carbonyl (C=O) groups is 3. The van der Waals surface area contributed by atoms with Crippen molar-refractivity contribution < 1.29 is 14.4 Å². The molecule has 3 amide bonds. The number of nitrogens with two attached hydrogens (primary N) is 1. The van der Waals surface area contributed by atoms with Gasteiger partial charge in [-0.15, -0.1) is 11.8 Å². The SMILES string of the molecule is NC(=O)C1CSCN1C(=O)C1CCC(=O)N1. The molecule has 2 aliphatic rings. The molecular formula is C9H13N3O3S. The number of nitrogens with one attached hydrogen (secondary N) is 1. The maximum Gasteiger partial charge on any atom is 0.246 e. The number of primary amides is 1. The zero-order chi connectivity index (χ0) is 11.7. The van der Waals surface area contributed by atoms with Crippen molar-refractivity contribution in [2.24, 2.45) is 5.73 Å². The Morgan fingerprint density at radius 3 is 2.81 bits per heavy atom. The Kier molecular flexibility index (Phi) is 3.04. The Balaban J connectivity index is 2.03. The standard InChI is InChI=1S/C9H13N3O3S/c10-8(14)6-3-16-4-12(6)9(15)5-1-2-7(13)11-5/h5-6H,1-4H2,(H2,10,14)(H,11,13). The van der Waals surface area contributed by atoms with Gasteiger partial charge < -0.3 is 16.0 Å². The highest BCUT2D eigenvalue weighted by atomic mass is 32.2. The average molecular weight is 243 g/mol. The van der Waals surface area contributed by atoms with Gasteiger partial charge in [0.15, 0.2) is 0 Å². The molecule has 0 radical (unpaired) electrons. The second-order valence-electron chi connectivity index (χ2n) is 3.88. The summed E-state index contributed by atoms with van der Waals surface area (Å²) < 4.78 is 0. The minimum Gasteiger partial charge on any atom is -0.368 e. The minimum atomic E-state index is -0.532. The number of hydrogen-bond donors (Lipinski definition) is 2. The molecule has 16 heavy (non-hydrogen) atoms. The maximum atomic E-state index is 12.0. The van der Waals surface area contributed by atoms with Gasteiger partial charge in [0.25, 0.3) is 0 Å². The van der Waals surface area contributed by atoms with Crippen LogP contribution in [-0.2, 0) is 14.4 Å². The molecule has 0 saturated carbocycles. The van der Waals surface area contributed by atoms with Gasteiger partial charge in [0.1, 0.15) is 12.1 Å². The predicted octanol–water partition coefficient (Wildman–Crippen LogP) is -1.35. The van der Waals surface area contributed by atoms with E-state index in [0.29, 0.717) is 24.5 Å². The summed E-state index contributed by atoms with van der Waals surface area (Å²) in [6.45, 7) is 0. The molecule has 0 bridgehead atoms. The van der Waals surface area contributed by atoms with Crippen LogP contribution in [0.15, 0.2) is 0 Å². The Morgan fingerprint density at radius 1 is 1.50 bits per heavy atom. The van der Waals surface area contributed by atoms with E-state index in [1.807, 2.05) is 0 Å². The molecule has 0 aliphatic carbocycles. The van der Waals surface area contributed by atoms with Gasteiger partial charge in [-0.3, -0.25) is 14.4 Å². The van der Waals surface area contributed by atoms with Gasteiger partial charge in [0, 0.05) is 12.2 Å². The van der Waals surface area contributed by atoms with Crippen LogP contribution >= 0.6 is 11.8 Å².